The molecule has 2 aromatic rings. The number of aliphatic hydroxyl groups is 1. The molecule has 1 aromatic carbocycles. The average molecular weight is 467 g/mol. The quantitative estimate of drug-likeness (QED) is 0.340. The molecule has 3 rings (SSSR count). The first-order valence-corrected chi connectivity index (χ1v) is 10.1. The normalized spacial score (nSPS) is 22.7. The Morgan fingerprint density at radius 1 is 1.27 bits per heavy atom. The molecule has 2 heterocycles. The summed E-state index contributed by atoms with van der Waals surface area (Å²) >= 11 is 0. The van der Waals surface area contributed by atoms with E-state index < -0.39 is 48.4 Å². The molecule has 33 heavy (non-hydrogen) atoms. The van der Waals surface area contributed by atoms with Gasteiger partial charge in [0.15, 0.2) is 6.23 Å². The molecule has 1 aliphatic heterocycles. The Balaban J connectivity index is 2.03. The molecule has 1 aromatic heterocycles. The first-order valence-electron chi connectivity index (χ1n) is 10.1. The van der Waals surface area contributed by atoms with E-state index in [2.05, 4.69) is 10.0 Å². The molecular weight excluding hydrogens is 444 g/mol. The van der Waals surface area contributed by atoms with Crippen molar-refractivity contribution >= 4 is 0 Å². The summed E-state index contributed by atoms with van der Waals surface area (Å²) in [5, 5.41) is 12.5. The van der Waals surface area contributed by atoms with Crippen LogP contribution in [0.4, 0.5) is 8.78 Å². The van der Waals surface area contributed by atoms with Gasteiger partial charge in [0.2, 0.25) is 0 Å². The van der Waals surface area contributed by atoms with Crippen molar-refractivity contribution in [3.63, 3.8) is 0 Å². The lowest BCUT2D eigenvalue weighted by atomic mass is 10.1. The summed E-state index contributed by atoms with van der Waals surface area (Å²) in [5.74, 6) is 0.593. The van der Waals surface area contributed by atoms with Crippen molar-refractivity contribution in [2.75, 3.05) is 13.7 Å². The van der Waals surface area contributed by atoms with Gasteiger partial charge in [0.25, 0.3) is 5.56 Å². The molecule has 1 saturated heterocycles. The van der Waals surface area contributed by atoms with Gasteiger partial charge in [0.1, 0.15) is 18.5 Å². The van der Waals surface area contributed by atoms with E-state index in [1.54, 1.807) is 31.2 Å². The highest BCUT2D eigenvalue weighted by atomic mass is 19.3. The minimum absolute atomic E-state index is 0.0927. The summed E-state index contributed by atoms with van der Waals surface area (Å²) in [4.78, 5) is 28.3. The van der Waals surface area contributed by atoms with Crippen molar-refractivity contribution in [2.24, 2.45) is 5.11 Å². The maximum Gasteiger partial charge on any atom is 0.379 e. The zero-order chi connectivity index (χ0) is 24.2. The Morgan fingerprint density at radius 3 is 2.55 bits per heavy atom. The van der Waals surface area contributed by atoms with Gasteiger partial charge >= 0.3 is 11.8 Å². The molecule has 0 radical (unpaired) electrons. The number of nitrogens with zero attached hydrogens (tertiary/aromatic N) is 5. The number of aromatic nitrogens is 2. The van der Waals surface area contributed by atoms with E-state index in [1.807, 2.05) is 0 Å². The number of azide groups is 1. The second kappa shape index (κ2) is 10.1. The van der Waals surface area contributed by atoms with Crippen LogP contribution in [0.2, 0.25) is 0 Å². The Bertz CT molecular complexity index is 1130. The summed E-state index contributed by atoms with van der Waals surface area (Å²) in [6.07, 6.45) is -6.46. The Hall–Kier alpha value is -3.25. The van der Waals surface area contributed by atoms with Crippen molar-refractivity contribution in [1.82, 2.24) is 9.13 Å². The van der Waals surface area contributed by atoms with Crippen molar-refractivity contribution in [3.05, 3.63) is 73.4 Å². The molecule has 1 aliphatic rings. The molecule has 4 atom stereocenters. The van der Waals surface area contributed by atoms with Gasteiger partial charge in [-0.3, -0.25) is 13.9 Å². The smallest absolute Gasteiger partial charge is 0.379 e. The monoisotopic (exact) mass is 467 g/mol. The zero-order valence-corrected chi connectivity index (χ0v) is 17.9. The van der Waals surface area contributed by atoms with Crippen LogP contribution in [0.15, 0.2) is 51.2 Å². The van der Waals surface area contributed by atoms with Gasteiger partial charge < -0.3 is 19.3 Å². The van der Waals surface area contributed by atoms with Crippen LogP contribution >= 0.6 is 0 Å². The van der Waals surface area contributed by atoms with Gasteiger partial charge in [0.05, 0.1) is 25.8 Å². The van der Waals surface area contributed by atoms with Crippen molar-refractivity contribution in [2.45, 2.75) is 50.5 Å². The number of hydrogen-bond acceptors (Lipinski definition) is 7. The van der Waals surface area contributed by atoms with E-state index in [4.69, 9.17) is 24.8 Å². The fraction of sp³-hybridized carbons (Fsp3) is 0.500. The van der Waals surface area contributed by atoms with Crippen LogP contribution in [0.25, 0.3) is 10.4 Å². The summed E-state index contributed by atoms with van der Waals surface area (Å²) in [6.45, 7) is -0.0338. The Kier molecular flexibility index (Phi) is 7.49. The molecule has 0 saturated carbocycles. The van der Waals surface area contributed by atoms with Gasteiger partial charge in [-0.05, 0) is 29.6 Å². The number of rotatable bonds is 9. The molecule has 1 fully saturated rings. The topological polar surface area (TPSA) is 141 Å². The first kappa shape index (κ1) is 24.4. The van der Waals surface area contributed by atoms with Gasteiger partial charge in [-0.2, -0.15) is 8.78 Å². The average Bonchev–Trinajstić information content (AvgIpc) is 3.13. The fourth-order valence-electron chi connectivity index (χ4n) is 3.63. The third-order valence-corrected chi connectivity index (χ3v) is 5.26. The van der Waals surface area contributed by atoms with Gasteiger partial charge in [-0.15, -0.1) is 0 Å². The summed E-state index contributed by atoms with van der Waals surface area (Å²) in [7, 11) is 1.50. The molecule has 1 N–H and O–H groups in total. The van der Waals surface area contributed by atoms with Crippen LogP contribution in [0.5, 0.6) is 5.75 Å². The SMILES string of the molecule is CC[C@H]1O[C@@H](n2ccc(=O)n(Cc3ccc(OC)cc3)c2=O)[C@H](OC(F)(F)CO)[C@@H]1N=[N+]=[N-]. The maximum absolute atomic E-state index is 13.9. The number of hydrogen-bond donors (Lipinski definition) is 1. The van der Waals surface area contributed by atoms with E-state index in [9.17, 15) is 18.4 Å². The molecule has 0 spiro atoms. The number of ether oxygens (including phenoxy) is 3. The van der Waals surface area contributed by atoms with E-state index in [0.29, 0.717) is 11.3 Å². The summed E-state index contributed by atoms with van der Waals surface area (Å²) < 4.78 is 45.3. The molecular formula is C20H23F2N5O6. The zero-order valence-electron chi connectivity index (χ0n) is 17.9. The molecule has 0 aliphatic carbocycles. The minimum atomic E-state index is -3.97. The summed E-state index contributed by atoms with van der Waals surface area (Å²) in [5.41, 5.74) is 8.08. The third kappa shape index (κ3) is 5.22. The van der Waals surface area contributed by atoms with Crippen LogP contribution in [0.3, 0.4) is 0 Å². The second-order valence-corrected chi connectivity index (χ2v) is 7.32. The second-order valence-electron chi connectivity index (χ2n) is 7.32. The Labute approximate surface area is 186 Å². The first-order chi connectivity index (χ1) is 15.7. The van der Waals surface area contributed by atoms with Crippen molar-refractivity contribution in [3.8, 4) is 5.75 Å². The van der Waals surface area contributed by atoms with Crippen LogP contribution in [-0.4, -0.2) is 52.3 Å². The van der Waals surface area contributed by atoms with Gasteiger partial charge in [-0.1, -0.05) is 24.2 Å². The lowest BCUT2D eigenvalue weighted by Crippen LogP contribution is -2.45. The standard InChI is InChI=1S/C20H23F2N5O6/c1-3-14-16(24-25-23)17(33-20(21,22)11-28)18(32-14)26-9-8-15(29)27(19(26)30)10-12-4-6-13(31-2)7-5-12/h4-9,14,16-18,28H,3,10-11H2,1-2H3/t14-,16-,17-,18-/m1/s1. The number of benzene rings is 1. The van der Waals surface area contributed by atoms with Crippen molar-refractivity contribution < 1.29 is 28.1 Å². The molecule has 0 amide bonds. The van der Waals surface area contributed by atoms with Crippen molar-refractivity contribution in [1.29, 1.82) is 0 Å². The lowest BCUT2D eigenvalue weighted by Gasteiger charge is -2.26. The van der Waals surface area contributed by atoms with Crippen LogP contribution in [0.1, 0.15) is 25.1 Å². The van der Waals surface area contributed by atoms with Crippen LogP contribution in [0, 0.1) is 0 Å². The Morgan fingerprint density at radius 2 is 1.97 bits per heavy atom. The van der Waals surface area contributed by atoms with E-state index in [-0.39, 0.29) is 13.0 Å². The predicted molar refractivity (Wildman–Crippen MR) is 111 cm³/mol. The number of halogens is 2. The highest BCUT2D eigenvalue weighted by Crippen LogP contribution is 2.37. The fourth-order valence-corrected chi connectivity index (χ4v) is 3.63. The predicted octanol–water partition coefficient (Wildman–Crippen LogP) is 2.02. The van der Waals surface area contributed by atoms with Crippen LogP contribution in [-0.2, 0) is 16.0 Å². The molecule has 178 valence electrons. The molecule has 0 unspecified atom stereocenters. The lowest BCUT2D eigenvalue weighted by molar-refractivity contribution is -0.290. The van der Waals surface area contributed by atoms with E-state index in [0.717, 1.165) is 21.4 Å². The molecule has 0 bridgehead atoms. The maximum atomic E-state index is 13.9. The largest absolute Gasteiger partial charge is 0.497 e. The highest BCUT2D eigenvalue weighted by Gasteiger charge is 2.50. The van der Waals surface area contributed by atoms with E-state index in [1.165, 1.54) is 7.11 Å². The highest BCUT2D eigenvalue weighted by molar-refractivity contribution is 5.27. The van der Waals surface area contributed by atoms with Gasteiger partial charge in [-0.25, -0.2) is 4.79 Å². The minimum Gasteiger partial charge on any atom is -0.497 e. The van der Waals surface area contributed by atoms with E-state index >= 15 is 0 Å². The number of methoxy groups -OCH3 is 1. The number of alkyl halides is 2. The number of aliphatic hydroxyl groups excluding tert-OH is 1. The molecule has 11 nitrogen and oxygen atoms in total. The molecule has 13 heteroatoms. The van der Waals surface area contributed by atoms with Gasteiger partial charge in [0, 0.05) is 17.2 Å². The third-order valence-electron chi connectivity index (χ3n) is 5.26. The van der Waals surface area contributed by atoms with Crippen LogP contribution < -0.4 is 16.0 Å². The summed E-state index contributed by atoms with van der Waals surface area (Å²) in [6, 6.07) is 6.57.